The zero-order valence-electron chi connectivity index (χ0n) is 22.7. The van der Waals surface area contributed by atoms with E-state index in [2.05, 4.69) is 21.5 Å². The standard InChI is InChI=1S/C28H35N7O3/c1-7-22(20-9-8-16(2)12-17(20)3)32-28(38)35-25(27(37)33(5)24-10-11-30-34(24)6)21(26(35)36)14-19-13-18(4)31-23(29)15-19/h8-13,15,21-22,25H,7,14H2,1-6H3,(H2,29,31)(H,32,38)/t21-,22?,25+/m1/s1. The Kier molecular flexibility index (Phi) is 7.52. The number of aryl methyl sites for hydroxylation is 4. The Morgan fingerprint density at radius 3 is 2.50 bits per heavy atom. The molecule has 3 aromatic rings. The Bertz CT molecular complexity index is 1360. The van der Waals surface area contributed by atoms with Crippen molar-refractivity contribution < 1.29 is 14.4 Å². The molecule has 3 heterocycles. The zero-order valence-corrected chi connectivity index (χ0v) is 22.7. The van der Waals surface area contributed by atoms with Gasteiger partial charge in [-0.3, -0.25) is 24.1 Å². The van der Waals surface area contributed by atoms with Crippen LogP contribution in [0.5, 0.6) is 0 Å². The molecule has 3 N–H and O–H groups in total. The van der Waals surface area contributed by atoms with Crippen molar-refractivity contribution in [3.8, 4) is 0 Å². The monoisotopic (exact) mass is 517 g/mol. The van der Waals surface area contributed by atoms with Gasteiger partial charge in [-0.15, -0.1) is 0 Å². The number of likely N-dealkylation sites (tertiary alicyclic amines) is 1. The highest BCUT2D eigenvalue weighted by Crippen LogP contribution is 2.34. The van der Waals surface area contributed by atoms with Crippen molar-refractivity contribution in [2.24, 2.45) is 13.0 Å². The maximum absolute atomic E-state index is 13.8. The molecule has 1 fully saturated rings. The third kappa shape index (κ3) is 5.11. The predicted octanol–water partition coefficient (Wildman–Crippen LogP) is 3.22. The summed E-state index contributed by atoms with van der Waals surface area (Å²) in [5, 5.41) is 7.14. The number of carbonyl (C=O) groups is 3. The molecule has 4 amide bonds. The van der Waals surface area contributed by atoms with E-state index in [4.69, 9.17) is 5.73 Å². The van der Waals surface area contributed by atoms with Crippen molar-refractivity contribution in [3.63, 3.8) is 0 Å². The molecule has 0 aliphatic carbocycles. The zero-order chi connectivity index (χ0) is 27.7. The third-order valence-electron chi connectivity index (χ3n) is 7.15. The van der Waals surface area contributed by atoms with E-state index in [9.17, 15) is 14.4 Å². The van der Waals surface area contributed by atoms with Crippen LogP contribution in [0.2, 0.25) is 0 Å². The highest BCUT2D eigenvalue weighted by atomic mass is 16.2. The Morgan fingerprint density at radius 2 is 1.89 bits per heavy atom. The molecule has 0 saturated carbocycles. The summed E-state index contributed by atoms with van der Waals surface area (Å²) in [6, 6.07) is 9.44. The van der Waals surface area contributed by atoms with Gasteiger partial charge in [0.05, 0.1) is 18.2 Å². The van der Waals surface area contributed by atoms with Gasteiger partial charge in [-0.05, 0) is 62.4 Å². The van der Waals surface area contributed by atoms with Gasteiger partial charge in [-0.2, -0.15) is 5.10 Å². The van der Waals surface area contributed by atoms with Gasteiger partial charge in [0.2, 0.25) is 5.91 Å². The third-order valence-corrected chi connectivity index (χ3v) is 7.15. The van der Waals surface area contributed by atoms with Crippen molar-refractivity contribution in [2.45, 2.75) is 52.6 Å². The lowest BCUT2D eigenvalue weighted by atomic mass is 9.81. The number of aromatic nitrogens is 3. The summed E-state index contributed by atoms with van der Waals surface area (Å²) in [7, 11) is 3.35. The van der Waals surface area contributed by atoms with E-state index in [1.807, 2.05) is 45.9 Å². The SMILES string of the molecule is CCC(NC(=O)N1C(=O)[C@H](Cc2cc(C)nc(N)c2)[C@H]1C(=O)N(C)c1ccnn1C)c1ccc(C)cc1C. The number of β-lactam (4-membered cyclic amide) rings is 1. The van der Waals surface area contributed by atoms with Crippen LogP contribution in [0.25, 0.3) is 0 Å². The molecule has 0 radical (unpaired) electrons. The number of likely N-dealkylation sites (N-methyl/N-ethyl adjacent to an activating group) is 1. The fraction of sp³-hybridized carbons (Fsp3) is 0.393. The number of nitrogen functional groups attached to an aromatic ring is 1. The molecule has 200 valence electrons. The summed E-state index contributed by atoms with van der Waals surface area (Å²) in [5.74, 6) is -0.588. The molecule has 1 unspecified atom stereocenters. The van der Waals surface area contributed by atoms with Gasteiger partial charge in [0.25, 0.3) is 5.91 Å². The number of benzene rings is 1. The van der Waals surface area contributed by atoms with Gasteiger partial charge in [0.15, 0.2) is 0 Å². The molecular weight excluding hydrogens is 482 g/mol. The topological polar surface area (TPSA) is 126 Å². The van der Waals surface area contributed by atoms with Crippen LogP contribution in [0.3, 0.4) is 0 Å². The number of imide groups is 1. The molecule has 38 heavy (non-hydrogen) atoms. The van der Waals surface area contributed by atoms with Crippen LogP contribution in [0.4, 0.5) is 16.4 Å². The van der Waals surface area contributed by atoms with Gasteiger partial charge in [0.1, 0.15) is 17.7 Å². The number of pyridine rings is 1. The van der Waals surface area contributed by atoms with Crippen LogP contribution in [0.1, 0.15) is 47.3 Å². The van der Waals surface area contributed by atoms with Crippen molar-refractivity contribution >= 4 is 29.5 Å². The molecular formula is C28H35N7O3. The molecule has 1 saturated heterocycles. The van der Waals surface area contributed by atoms with E-state index in [0.717, 1.165) is 32.8 Å². The van der Waals surface area contributed by atoms with Crippen molar-refractivity contribution in [3.05, 3.63) is 70.5 Å². The molecule has 10 nitrogen and oxygen atoms in total. The summed E-state index contributed by atoms with van der Waals surface area (Å²) in [6.45, 7) is 7.81. The van der Waals surface area contributed by atoms with Gasteiger partial charge in [-0.1, -0.05) is 30.7 Å². The van der Waals surface area contributed by atoms with Crippen LogP contribution in [-0.2, 0) is 23.1 Å². The Hall–Kier alpha value is -4.21. The van der Waals surface area contributed by atoms with Crippen LogP contribution >= 0.6 is 0 Å². The highest BCUT2D eigenvalue weighted by molar-refractivity contribution is 6.12. The second-order valence-electron chi connectivity index (χ2n) is 9.99. The summed E-state index contributed by atoms with van der Waals surface area (Å²) < 4.78 is 1.57. The molecule has 4 rings (SSSR count). The fourth-order valence-electron chi connectivity index (χ4n) is 5.24. The number of hydrogen-bond acceptors (Lipinski definition) is 6. The number of amides is 4. The number of nitrogens with zero attached hydrogens (tertiary/aromatic N) is 5. The summed E-state index contributed by atoms with van der Waals surface area (Å²) in [4.78, 5) is 47.4. The van der Waals surface area contributed by atoms with E-state index >= 15 is 0 Å². The highest BCUT2D eigenvalue weighted by Gasteiger charge is 2.55. The van der Waals surface area contributed by atoms with Crippen molar-refractivity contribution in [1.82, 2.24) is 25.0 Å². The van der Waals surface area contributed by atoms with Gasteiger partial charge in [0, 0.05) is 25.9 Å². The molecule has 1 aromatic carbocycles. The minimum Gasteiger partial charge on any atom is -0.384 e. The number of urea groups is 1. The van der Waals surface area contributed by atoms with Crippen LogP contribution in [0, 0.1) is 26.7 Å². The average molecular weight is 518 g/mol. The number of hydrogen-bond donors (Lipinski definition) is 2. The molecule has 2 aromatic heterocycles. The molecule has 1 aliphatic heterocycles. The molecule has 0 bridgehead atoms. The van der Waals surface area contributed by atoms with Crippen LogP contribution in [0.15, 0.2) is 42.6 Å². The minimum atomic E-state index is -0.978. The van der Waals surface area contributed by atoms with E-state index in [-0.39, 0.29) is 18.4 Å². The van der Waals surface area contributed by atoms with Crippen LogP contribution < -0.4 is 16.0 Å². The van der Waals surface area contributed by atoms with E-state index in [1.54, 1.807) is 37.1 Å². The second kappa shape index (κ2) is 10.6. The number of nitrogens with one attached hydrogen (secondary N) is 1. The van der Waals surface area contributed by atoms with Crippen molar-refractivity contribution in [2.75, 3.05) is 17.7 Å². The lowest BCUT2D eigenvalue weighted by Gasteiger charge is -2.46. The number of nitrogens with two attached hydrogens (primary N) is 1. The smallest absolute Gasteiger partial charge is 0.325 e. The van der Waals surface area contributed by atoms with Gasteiger partial charge in [-0.25, -0.2) is 9.78 Å². The minimum absolute atomic E-state index is 0.264. The van der Waals surface area contributed by atoms with Crippen LogP contribution in [-0.4, -0.2) is 50.6 Å². The molecule has 3 atom stereocenters. The summed E-state index contributed by atoms with van der Waals surface area (Å²) >= 11 is 0. The molecule has 1 aliphatic rings. The first-order chi connectivity index (χ1) is 18.0. The summed E-state index contributed by atoms with van der Waals surface area (Å²) in [5.41, 5.74) is 10.6. The number of rotatable bonds is 7. The van der Waals surface area contributed by atoms with E-state index < -0.39 is 23.9 Å². The fourth-order valence-corrected chi connectivity index (χ4v) is 5.24. The van der Waals surface area contributed by atoms with E-state index in [1.165, 1.54) is 4.90 Å². The maximum atomic E-state index is 13.8. The van der Waals surface area contributed by atoms with E-state index in [0.29, 0.717) is 18.1 Å². The number of carbonyl (C=O) groups excluding carboxylic acids is 3. The second-order valence-corrected chi connectivity index (χ2v) is 9.99. The maximum Gasteiger partial charge on any atom is 0.325 e. The summed E-state index contributed by atoms with van der Waals surface area (Å²) in [6.07, 6.45) is 2.48. The predicted molar refractivity (Wildman–Crippen MR) is 145 cm³/mol. The lowest BCUT2D eigenvalue weighted by Crippen LogP contribution is -2.70. The average Bonchev–Trinajstić information content (AvgIpc) is 3.28. The quantitative estimate of drug-likeness (QED) is 0.464. The van der Waals surface area contributed by atoms with Crippen molar-refractivity contribution in [1.29, 1.82) is 0 Å². The Morgan fingerprint density at radius 1 is 1.16 bits per heavy atom. The normalized spacial score (nSPS) is 17.6. The lowest BCUT2D eigenvalue weighted by molar-refractivity contribution is -0.156. The first-order valence-corrected chi connectivity index (χ1v) is 12.7. The Balaban J connectivity index is 1.63. The largest absolute Gasteiger partial charge is 0.384 e. The molecule has 0 spiro atoms. The first kappa shape index (κ1) is 26.8. The Labute approximate surface area is 222 Å². The van der Waals surface area contributed by atoms with Gasteiger partial charge >= 0.3 is 6.03 Å². The van der Waals surface area contributed by atoms with Gasteiger partial charge < -0.3 is 11.1 Å². The number of anilines is 2. The first-order valence-electron chi connectivity index (χ1n) is 12.7. The molecule has 10 heteroatoms.